The molecular formula is C23H21N3O3S. The van der Waals surface area contributed by atoms with E-state index in [1.807, 2.05) is 76.9 Å². The van der Waals surface area contributed by atoms with Crippen LogP contribution in [0.15, 0.2) is 77.4 Å². The first-order valence-corrected chi connectivity index (χ1v) is 10.5. The predicted octanol–water partition coefficient (Wildman–Crippen LogP) is 3.68. The summed E-state index contributed by atoms with van der Waals surface area (Å²) in [7, 11) is 0. The number of benzene rings is 2. The van der Waals surface area contributed by atoms with Crippen LogP contribution in [0.5, 0.6) is 0 Å². The number of rotatable bonds is 7. The number of aromatic nitrogens is 2. The molecule has 4 rings (SSSR count). The molecule has 0 spiro atoms. The van der Waals surface area contributed by atoms with Crippen LogP contribution in [0.1, 0.15) is 17.5 Å². The zero-order chi connectivity index (χ0) is 20.8. The van der Waals surface area contributed by atoms with Crippen LogP contribution in [-0.2, 0) is 27.3 Å². The van der Waals surface area contributed by atoms with Gasteiger partial charge in [-0.25, -0.2) is 0 Å². The van der Waals surface area contributed by atoms with Gasteiger partial charge in [0.25, 0.3) is 5.91 Å². The van der Waals surface area contributed by atoms with Crippen molar-refractivity contribution in [2.24, 2.45) is 4.99 Å². The fourth-order valence-electron chi connectivity index (χ4n) is 3.22. The van der Waals surface area contributed by atoms with E-state index in [0.29, 0.717) is 17.8 Å². The highest BCUT2D eigenvalue weighted by molar-refractivity contribution is 7.07. The van der Waals surface area contributed by atoms with Crippen molar-refractivity contribution in [1.82, 2.24) is 9.55 Å². The summed E-state index contributed by atoms with van der Waals surface area (Å²) in [6.07, 6.45) is 4.55. The van der Waals surface area contributed by atoms with Gasteiger partial charge in [0.2, 0.25) is 0 Å². The van der Waals surface area contributed by atoms with Gasteiger partial charge in [0.05, 0.1) is 0 Å². The summed E-state index contributed by atoms with van der Waals surface area (Å²) in [4.78, 5) is 32.1. The van der Waals surface area contributed by atoms with E-state index in [9.17, 15) is 9.59 Å². The van der Waals surface area contributed by atoms with Crippen molar-refractivity contribution in [3.05, 3.63) is 88.3 Å². The molecule has 2 aromatic carbocycles. The highest BCUT2D eigenvalue weighted by Crippen LogP contribution is 2.19. The van der Waals surface area contributed by atoms with Gasteiger partial charge in [-0.3, -0.25) is 9.59 Å². The number of nitrogens with one attached hydrogen (secondary N) is 1. The summed E-state index contributed by atoms with van der Waals surface area (Å²) >= 11 is 1.37. The minimum absolute atomic E-state index is 0.210. The van der Waals surface area contributed by atoms with Crippen molar-refractivity contribution in [1.29, 1.82) is 0 Å². The maximum Gasteiger partial charge on any atom is 0.306 e. The van der Waals surface area contributed by atoms with Gasteiger partial charge in [0.1, 0.15) is 0 Å². The number of carbonyl (C=O) groups excluding carboxylic acids is 2. The molecule has 2 aromatic heterocycles. The van der Waals surface area contributed by atoms with E-state index in [2.05, 4.69) is 9.98 Å². The van der Waals surface area contributed by atoms with Gasteiger partial charge in [-0.1, -0.05) is 48.5 Å². The van der Waals surface area contributed by atoms with Crippen LogP contribution in [0, 0.1) is 0 Å². The molecule has 1 amide bonds. The summed E-state index contributed by atoms with van der Waals surface area (Å²) in [5.74, 6) is -0.883. The van der Waals surface area contributed by atoms with Gasteiger partial charge in [-0.2, -0.15) is 4.99 Å². The summed E-state index contributed by atoms with van der Waals surface area (Å²) in [6.45, 7) is 0.275. The molecule has 0 aliphatic rings. The van der Waals surface area contributed by atoms with Gasteiger partial charge >= 0.3 is 5.97 Å². The number of carbonyl (C=O) groups is 2. The smallest absolute Gasteiger partial charge is 0.306 e. The fraction of sp³-hybridized carbons (Fsp3) is 0.174. The quantitative estimate of drug-likeness (QED) is 0.464. The number of hydrogen-bond acceptors (Lipinski definition) is 4. The third-order valence-electron chi connectivity index (χ3n) is 4.71. The molecule has 0 radical (unpaired) electrons. The minimum Gasteiger partial charge on any atom is -0.455 e. The Morgan fingerprint density at radius 3 is 2.73 bits per heavy atom. The maximum absolute atomic E-state index is 12.2. The van der Waals surface area contributed by atoms with Crippen LogP contribution >= 0.6 is 11.3 Å². The van der Waals surface area contributed by atoms with Crippen LogP contribution in [-0.4, -0.2) is 28.0 Å². The van der Waals surface area contributed by atoms with Crippen molar-refractivity contribution >= 4 is 34.1 Å². The number of ether oxygens (including phenoxy) is 1. The largest absolute Gasteiger partial charge is 0.455 e. The number of thiazole rings is 1. The van der Waals surface area contributed by atoms with E-state index in [-0.39, 0.29) is 13.0 Å². The van der Waals surface area contributed by atoms with E-state index in [4.69, 9.17) is 4.74 Å². The molecule has 0 saturated heterocycles. The standard InChI is InChI=1S/C23H21N3O3S/c27-21(25-23-26(12-13-30-23)15-17-6-2-1-3-7-17)16-29-22(28)11-10-18-14-24-20-9-5-4-8-19(18)20/h1-9,12-14,24H,10-11,15-16H2. The lowest BCUT2D eigenvalue weighted by Crippen LogP contribution is -2.20. The highest BCUT2D eigenvalue weighted by atomic mass is 32.1. The van der Waals surface area contributed by atoms with Crippen LogP contribution in [0.3, 0.4) is 0 Å². The van der Waals surface area contributed by atoms with Crippen LogP contribution in [0.4, 0.5) is 0 Å². The molecule has 0 aliphatic carbocycles. The molecular weight excluding hydrogens is 398 g/mol. The molecule has 0 aliphatic heterocycles. The van der Waals surface area contributed by atoms with Gasteiger partial charge < -0.3 is 14.3 Å². The number of fused-ring (bicyclic) bond motifs is 1. The van der Waals surface area contributed by atoms with Crippen LogP contribution < -0.4 is 4.80 Å². The highest BCUT2D eigenvalue weighted by Gasteiger charge is 2.10. The second-order valence-corrected chi connectivity index (χ2v) is 7.70. The summed E-state index contributed by atoms with van der Waals surface area (Å²) < 4.78 is 7.02. The van der Waals surface area contributed by atoms with Crippen molar-refractivity contribution in [2.75, 3.05) is 6.61 Å². The first-order chi connectivity index (χ1) is 14.7. The Morgan fingerprint density at radius 2 is 1.87 bits per heavy atom. The zero-order valence-corrected chi connectivity index (χ0v) is 17.1. The number of aromatic amines is 1. The van der Waals surface area contributed by atoms with Crippen molar-refractivity contribution in [3.63, 3.8) is 0 Å². The fourth-order valence-corrected chi connectivity index (χ4v) is 3.96. The monoisotopic (exact) mass is 419 g/mol. The molecule has 30 heavy (non-hydrogen) atoms. The van der Waals surface area contributed by atoms with Gasteiger partial charge in [-0.15, -0.1) is 11.3 Å². The number of para-hydroxylation sites is 1. The molecule has 4 aromatic rings. The summed E-state index contributed by atoms with van der Waals surface area (Å²) in [5, 5.41) is 2.97. The predicted molar refractivity (Wildman–Crippen MR) is 116 cm³/mol. The molecule has 152 valence electrons. The van der Waals surface area contributed by atoms with Gasteiger partial charge in [-0.05, 0) is 23.6 Å². The number of nitrogens with zero attached hydrogens (tertiary/aromatic N) is 2. The van der Waals surface area contributed by atoms with E-state index >= 15 is 0 Å². The Bertz CT molecular complexity index is 1220. The Balaban J connectivity index is 1.30. The van der Waals surface area contributed by atoms with E-state index in [0.717, 1.165) is 22.0 Å². The molecule has 0 saturated carbocycles. The second kappa shape index (κ2) is 9.37. The summed E-state index contributed by atoms with van der Waals surface area (Å²) in [5.41, 5.74) is 3.21. The Kier molecular flexibility index (Phi) is 6.20. The number of aryl methyl sites for hydroxylation is 1. The van der Waals surface area contributed by atoms with Gasteiger partial charge in [0, 0.05) is 41.6 Å². The normalized spacial score (nSPS) is 11.7. The van der Waals surface area contributed by atoms with Crippen LogP contribution in [0.25, 0.3) is 10.9 Å². The minimum atomic E-state index is -0.472. The topological polar surface area (TPSA) is 76.5 Å². The number of hydrogen-bond donors (Lipinski definition) is 1. The second-order valence-electron chi connectivity index (χ2n) is 6.82. The Labute approximate surface area is 177 Å². The first kappa shape index (κ1) is 19.8. The van der Waals surface area contributed by atoms with Crippen molar-refractivity contribution < 1.29 is 14.3 Å². The average Bonchev–Trinajstić information content (AvgIpc) is 3.38. The third kappa shape index (κ3) is 4.93. The molecule has 2 heterocycles. The Morgan fingerprint density at radius 1 is 1.07 bits per heavy atom. The summed E-state index contributed by atoms with van der Waals surface area (Å²) in [6, 6.07) is 17.9. The lowest BCUT2D eigenvalue weighted by molar-refractivity contribution is -0.147. The van der Waals surface area contributed by atoms with E-state index in [1.165, 1.54) is 11.3 Å². The third-order valence-corrected chi connectivity index (χ3v) is 5.50. The van der Waals surface area contributed by atoms with Gasteiger partial charge in [0.15, 0.2) is 11.4 Å². The Hall–Kier alpha value is -3.45. The molecule has 1 N–H and O–H groups in total. The number of esters is 1. The lowest BCUT2D eigenvalue weighted by Gasteiger charge is -2.04. The van der Waals surface area contributed by atoms with Crippen molar-refractivity contribution in [3.8, 4) is 0 Å². The van der Waals surface area contributed by atoms with E-state index in [1.54, 1.807) is 0 Å². The molecule has 6 nitrogen and oxygen atoms in total. The van der Waals surface area contributed by atoms with E-state index < -0.39 is 11.9 Å². The molecule has 0 fully saturated rings. The molecule has 7 heteroatoms. The zero-order valence-electron chi connectivity index (χ0n) is 16.3. The SMILES string of the molecule is O=C(COC(=O)CCc1c[nH]c2ccccc12)N=c1sccn1Cc1ccccc1. The maximum atomic E-state index is 12.2. The van der Waals surface area contributed by atoms with Crippen LogP contribution in [0.2, 0.25) is 0 Å². The van der Waals surface area contributed by atoms with Crippen molar-refractivity contribution in [2.45, 2.75) is 19.4 Å². The first-order valence-electron chi connectivity index (χ1n) is 9.65. The molecule has 0 bridgehead atoms. The molecule has 0 atom stereocenters. The number of amides is 1. The molecule has 0 unspecified atom stereocenters. The lowest BCUT2D eigenvalue weighted by atomic mass is 10.1. The average molecular weight is 420 g/mol. The number of H-pyrrole nitrogens is 1.